The van der Waals surface area contributed by atoms with E-state index in [-0.39, 0.29) is 18.6 Å². The minimum absolute atomic E-state index is 0.0842. The van der Waals surface area contributed by atoms with Gasteiger partial charge in [0.1, 0.15) is 12.4 Å². The number of carbonyl (C=O) groups excluding carboxylic acids is 1. The number of rotatable bonds is 7. The van der Waals surface area contributed by atoms with Gasteiger partial charge in [-0.2, -0.15) is 5.10 Å². The van der Waals surface area contributed by atoms with Crippen molar-refractivity contribution in [2.75, 3.05) is 31.8 Å². The van der Waals surface area contributed by atoms with Gasteiger partial charge in [-0.3, -0.25) is 9.52 Å². The van der Waals surface area contributed by atoms with Crippen LogP contribution in [0.25, 0.3) is 0 Å². The number of benzene rings is 2. The predicted molar refractivity (Wildman–Crippen MR) is 111 cm³/mol. The molecule has 1 amide bonds. The number of hydrazone groups is 1. The van der Waals surface area contributed by atoms with Crippen molar-refractivity contribution in [2.45, 2.75) is 12.5 Å². The van der Waals surface area contributed by atoms with Gasteiger partial charge in [-0.05, 0) is 35.4 Å². The largest absolute Gasteiger partial charge is 0.497 e. The van der Waals surface area contributed by atoms with Crippen LogP contribution >= 0.6 is 0 Å². The summed E-state index contributed by atoms with van der Waals surface area (Å²) in [6.45, 7) is -0.0842. The van der Waals surface area contributed by atoms with Crippen LogP contribution in [-0.4, -0.2) is 52.1 Å². The maximum atomic E-state index is 12.6. The molecule has 3 rings (SSSR count). The third-order valence-corrected chi connectivity index (χ3v) is 5.04. The fraction of sp³-hybridized carbons (Fsp3) is 0.300. The maximum absolute atomic E-state index is 12.6. The molecule has 1 unspecified atom stereocenters. The first kappa shape index (κ1) is 20.8. The van der Waals surface area contributed by atoms with Crippen LogP contribution in [0.4, 0.5) is 5.69 Å². The van der Waals surface area contributed by atoms with Gasteiger partial charge in [0.2, 0.25) is 10.0 Å². The van der Waals surface area contributed by atoms with Crippen molar-refractivity contribution in [3.8, 4) is 5.75 Å². The standard InChI is InChI=1S/C20H23N3O5S/c1-27-13-20(24)23-19(14-7-9-17(28-2)10-8-14)12-18(21-23)15-5-4-6-16(11-15)22-29(3,25)26/h4-11,19,22H,12-13H2,1-3H3. The lowest BCUT2D eigenvalue weighted by molar-refractivity contribution is -0.137. The van der Waals surface area contributed by atoms with Crippen LogP contribution in [0.5, 0.6) is 5.75 Å². The molecule has 1 aliphatic rings. The minimum Gasteiger partial charge on any atom is -0.497 e. The van der Waals surface area contributed by atoms with Crippen LogP contribution in [0.1, 0.15) is 23.6 Å². The van der Waals surface area contributed by atoms with Crippen LogP contribution < -0.4 is 9.46 Å². The summed E-state index contributed by atoms with van der Waals surface area (Å²) < 4.78 is 35.7. The molecular formula is C20H23N3O5S. The molecule has 0 aromatic heterocycles. The highest BCUT2D eigenvalue weighted by molar-refractivity contribution is 7.92. The maximum Gasteiger partial charge on any atom is 0.269 e. The molecule has 0 aliphatic carbocycles. The molecule has 154 valence electrons. The number of nitrogens with one attached hydrogen (secondary N) is 1. The molecule has 0 spiro atoms. The van der Waals surface area contributed by atoms with Crippen molar-refractivity contribution in [1.29, 1.82) is 0 Å². The van der Waals surface area contributed by atoms with E-state index in [1.54, 1.807) is 25.3 Å². The number of methoxy groups -OCH3 is 2. The highest BCUT2D eigenvalue weighted by Crippen LogP contribution is 2.34. The molecular weight excluding hydrogens is 394 g/mol. The molecule has 1 N–H and O–H groups in total. The van der Waals surface area contributed by atoms with Crippen molar-refractivity contribution >= 4 is 27.3 Å². The Morgan fingerprint density at radius 2 is 1.93 bits per heavy atom. The quantitative estimate of drug-likeness (QED) is 0.746. The predicted octanol–water partition coefficient (Wildman–Crippen LogP) is 2.39. The summed E-state index contributed by atoms with van der Waals surface area (Å²) in [6, 6.07) is 14.1. The number of ether oxygens (including phenoxy) is 2. The summed E-state index contributed by atoms with van der Waals surface area (Å²) in [5, 5.41) is 5.95. The van der Waals surface area contributed by atoms with Gasteiger partial charge in [0.25, 0.3) is 5.91 Å². The number of hydrogen-bond donors (Lipinski definition) is 1. The van der Waals surface area contributed by atoms with E-state index in [0.717, 1.165) is 23.1 Å². The smallest absolute Gasteiger partial charge is 0.269 e. The number of nitrogens with zero attached hydrogens (tertiary/aromatic N) is 2. The Kier molecular flexibility index (Phi) is 6.19. The van der Waals surface area contributed by atoms with Crippen molar-refractivity contribution < 1.29 is 22.7 Å². The van der Waals surface area contributed by atoms with Crippen LogP contribution in [0, 0.1) is 0 Å². The van der Waals surface area contributed by atoms with Crippen molar-refractivity contribution in [1.82, 2.24) is 5.01 Å². The fourth-order valence-electron chi connectivity index (χ4n) is 3.17. The van der Waals surface area contributed by atoms with E-state index in [1.807, 2.05) is 30.3 Å². The normalized spacial score (nSPS) is 16.4. The van der Waals surface area contributed by atoms with Gasteiger partial charge >= 0.3 is 0 Å². The van der Waals surface area contributed by atoms with Crippen molar-refractivity contribution in [3.05, 3.63) is 59.7 Å². The topological polar surface area (TPSA) is 97.3 Å². The van der Waals surface area contributed by atoms with E-state index in [4.69, 9.17) is 9.47 Å². The summed E-state index contributed by atoms with van der Waals surface area (Å²) in [6.07, 6.45) is 1.59. The number of carbonyl (C=O) groups is 1. The third kappa shape index (κ3) is 5.12. The Bertz CT molecular complexity index is 1020. The third-order valence-electron chi connectivity index (χ3n) is 4.43. The van der Waals surface area contributed by atoms with Crippen LogP contribution in [0.3, 0.4) is 0 Å². The number of sulfonamides is 1. The van der Waals surface area contributed by atoms with Gasteiger partial charge in [0.05, 0.1) is 25.1 Å². The Morgan fingerprint density at radius 3 is 2.55 bits per heavy atom. The van der Waals surface area contributed by atoms with Crippen molar-refractivity contribution in [2.24, 2.45) is 5.10 Å². The second-order valence-electron chi connectivity index (χ2n) is 6.67. The molecule has 1 atom stereocenters. The van der Waals surface area contributed by atoms with Crippen molar-refractivity contribution in [3.63, 3.8) is 0 Å². The molecule has 2 aromatic carbocycles. The molecule has 1 aliphatic heterocycles. The Balaban J connectivity index is 1.92. The van der Waals surface area contributed by atoms with E-state index in [2.05, 4.69) is 9.82 Å². The SMILES string of the molecule is COCC(=O)N1N=C(c2cccc(NS(C)(=O)=O)c2)CC1c1ccc(OC)cc1. The summed E-state index contributed by atoms with van der Waals surface area (Å²) in [5.74, 6) is 0.468. The Morgan fingerprint density at radius 1 is 1.21 bits per heavy atom. The second kappa shape index (κ2) is 8.62. The zero-order valence-corrected chi connectivity index (χ0v) is 17.3. The fourth-order valence-corrected chi connectivity index (χ4v) is 3.72. The molecule has 1 heterocycles. The molecule has 0 fully saturated rings. The number of anilines is 1. The molecule has 9 heteroatoms. The van der Waals surface area contributed by atoms with E-state index >= 15 is 0 Å². The van der Waals surface area contributed by atoms with Gasteiger partial charge in [-0.1, -0.05) is 24.3 Å². The summed E-state index contributed by atoms with van der Waals surface area (Å²) >= 11 is 0. The molecule has 0 saturated carbocycles. The molecule has 8 nitrogen and oxygen atoms in total. The lowest BCUT2D eigenvalue weighted by atomic mass is 9.98. The first-order valence-electron chi connectivity index (χ1n) is 8.91. The highest BCUT2D eigenvalue weighted by Gasteiger charge is 2.33. The monoisotopic (exact) mass is 417 g/mol. The van der Waals surface area contributed by atoms with Crippen LogP contribution in [0.15, 0.2) is 53.6 Å². The van der Waals surface area contributed by atoms with Crippen LogP contribution in [-0.2, 0) is 19.6 Å². The lowest BCUT2D eigenvalue weighted by Gasteiger charge is -2.21. The number of amides is 1. The highest BCUT2D eigenvalue weighted by atomic mass is 32.2. The van der Waals surface area contributed by atoms with Crippen LogP contribution in [0.2, 0.25) is 0 Å². The zero-order chi connectivity index (χ0) is 21.0. The second-order valence-corrected chi connectivity index (χ2v) is 8.41. The first-order chi connectivity index (χ1) is 13.8. The average molecular weight is 417 g/mol. The van der Waals surface area contributed by atoms with E-state index in [9.17, 15) is 13.2 Å². The Labute approximate surface area is 170 Å². The van der Waals surface area contributed by atoms with Gasteiger partial charge in [0, 0.05) is 19.2 Å². The van der Waals surface area contributed by atoms with Gasteiger partial charge in [-0.15, -0.1) is 0 Å². The van der Waals surface area contributed by atoms with E-state index in [0.29, 0.717) is 17.8 Å². The van der Waals surface area contributed by atoms with E-state index < -0.39 is 10.0 Å². The zero-order valence-electron chi connectivity index (χ0n) is 16.5. The Hall–Kier alpha value is -2.91. The van der Waals surface area contributed by atoms with Gasteiger partial charge in [0.15, 0.2) is 0 Å². The molecule has 0 saturated heterocycles. The summed E-state index contributed by atoms with van der Waals surface area (Å²) in [5.41, 5.74) is 2.78. The first-order valence-corrected chi connectivity index (χ1v) is 10.8. The van der Waals surface area contributed by atoms with E-state index in [1.165, 1.54) is 12.1 Å². The average Bonchev–Trinajstić information content (AvgIpc) is 3.13. The summed E-state index contributed by atoms with van der Waals surface area (Å²) in [7, 11) is -0.338. The lowest BCUT2D eigenvalue weighted by Crippen LogP contribution is -2.30. The molecule has 2 aromatic rings. The number of hydrogen-bond acceptors (Lipinski definition) is 6. The molecule has 29 heavy (non-hydrogen) atoms. The molecule has 0 bridgehead atoms. The minimum atomic E-state index is -3.39. The van der Waals surface area contributed by atoms with Gasteiger partial charge in [-0.25, -0.2) is 13.4 Å². The molecule has 0 radical (unpaired) electrons. The van der Waals surface area contributed by atoms with Gasteiger partial charge < -0.3 is 9.47 Å². The summed E-state index contributed by atoms with van der Waals surface area (Å²) in [4.78, 5) is 12.6.